The summed E-state index contributed by atoms with van der Waals surface area (Å²) in [5, 5.41) is 6.82. The Morgan fingerprint density at radius 3 is 2.21 bits per heavy atom. The molecule has 0 saturated heterocycles. The van der Waals surface area contributed by atoms with Crippen LogP contribution in [0.5, 0.6) is 5.75 Å². The maximum absolute atomic E-state index is 12.8. The molecule has 3 rings (SSSR count). The molecule has 0 aliphatic carbocycles. The van der Waals surface area contributed by atoms with Gasteiger partial charge in [-0.3, -0.25) is 4.79 Å². The SMILES string of the molecule is CCN(CC)c1cc(Nc2ccc(NC(=O)C(C)(C)Oc3ccc(Cl)cc3)cc2)nc(C)n1. The fourth-order valence-corrected chi connectivity index (χ4v) is 3.36. The molecule has 0 spiro atoms. The fourth-order valence-electron chi connectivity index (χ4n) is 3.24. The van der Waals surface area contributed by atoms with E-state index in [-0.39, 0.29) is 5.91 Å². The highest BCUT2D eigenvalue weighted by atomic mass is 35.5. The zero-order valence-electron chi connectivity index (χ0n) is 19.6. The van der Waals surface area contributed by atoms with Gasteiger partial charge in [-0.1, -0.05) is 11.6 Å². The van der Waals surface area contributed by atoms with Crippen molar-refractivity contribution in [3.05, 3.63) is 65.4 Å². The highest BCUT2D eigenvalue weighted by Gasteiger charge is 2.30. The monoisotopic (exact) mass is 467 g/mol. The van der Waals surface area contributed by atoms with Crippen molar-refractivity contribution in [2.75, 3.05) is 28.6 Å². The number of carbonyl (C=O) groups is 1. The molecule has 0 atom stereocenters. The van der Waals surface area contributed by atoms with Crippen LogP contribution in [0.4, 0.5) is 23.0 Å². The smallest absolute Gasteiger partial charge is 0.267 e. The third-order valence-electron chi connectivity index (χ3n) is 5.06. The molecular formula is C25H30ClN5O2. The zero-order chi connectivity index (χ0) is 24.0. The van der Waals surface area contributed by atoms with Gasteiger partial charge in [0.15, 0.2) is 5.60 Å². The second-order valence-corrected chi connectivity index (χ2v) is 8.49. The van der Waals surface area contributed by atoms with Crippen molar-refractivity contribution in [3.8, 4) is 5.75 Å². The standard InChI is InChI=1S/C25H30ClN5O2/c1-6-31(7-2)23-16-22(27-17(3)28-23)29-19-10-12-20(13-11-19)30-24(32)25(4,5)33-21-14-8-18(26)9-15-21/h8-16H,6-7H2,1-5H3,(H,30,32)(H,27,28,29). The lowest BCUT2D eigenvalue weighted by Gasteiger charge is -2.25. The number of aryl methyl sites for hydroxylation is 1. The molecule has 0 aliphatic rings. The van der Waals surface area contributed by atoms with Gasteiger partial charge in [-0.15, -0.1) is 0 Å². The van der Waals surface area contributed by atoms with Crippen LogP contribution >= 0.6 is 11.6 Å². The van der Waals surface area contributed by atoms with Gasteiger partial charge < -0.3 is 20.3 Å². The van der Waals surface area contributed by atoms with E-state index in [4.69, 9.17) is 16.3 Å². The molecule has 1 heterocycles. The summed E-state index contributed by atoms with van der Waals surface area (Å²) < 4.78 is 5.85. The number of benzene rings is 2. The van der Waals surface area contributed by atoms with Crippen LogP contribution in [0.3, 0.4) is 0 Å². The molecule has 33 heavy (non-hydrogen) atoms. The van der Waals surface area contributed by atoms with Crippen LogP contribution in [0.25, 0.3) is 0 Å². The van der Waals surface area contributed by atoms with E-state index in [0.29, 0.717) is 22.3 Å². The summed E-state index contributed by atoms with van der Waals surface area (Å²) in [5.41, 5.74) is 0.457. The lowest BCUT2D eigenvalue weighted by molar-refractivity contribution is -0.128. The van der Waals surface area contributed by atoms with Crippen LogP contribution < -0.4 is 20.3 Å². The fraction of sp³-hybridized carbons (Fsp3) is 0.320. The minimum atomic E-state index is -1.07. The van der Waals surface area contributed by atoms with Gasteiger partial charge in [0.1, 0.15) is 23.2 Å². The summed E-state index contributed by atoms with van der Waals surface area (Å²) in [5.74, 6) is 2.63. The van der Waals surface area contributed by atoms with E-state index < -0.39 is 5.60 Å². The first-order valence-electron chi connectivity index (χ1n) is 10.9. The van der Waals surface area contributed by atoms with Gasteiger partial charge >= 0.3 is 0 Å². The molecule has 0 unspecified atom stereocenters. The second-order valence-electron chi connectivity index (χ2n) is 8.05. The van der Waals surface area contributed by atoms with Crippen molar-refractivity contribution >= 4 is 40.5 Å². The van der Waals surface area contributed by atoms with Gasteiger partial charge in [0.05, 0.1) is 0 Å². The van der Waals surface area contributed by atoms with Crippen molar-refractivity contribution in [2.24, 2.45) is 0 Å². The summed E-state index contributed by atoms with van der Waals surface area (Å²) in [6, 6.07) is 16.3. The molecule has 0 radical (unpaired) electrons. The highest BCUT2D eigenvalue weighted by Crippen LogP contribution is 2.24. The molecule has 2 aromatic carbocycles. The van der Waals surface area contributed by atoms with Gasteiger partial charge in [-0.2, -0.15) is 0 Å². The van der Waals surface area contributed by atoms with Gasteiger partial charge in [0.25, 0.3) is 5.91 Å². The van der Waals surface area contributed by atoms with Crippen molar-refractivity contribution < 1.29 is 9.53 Å². The number of nitrogens with one attached hydrogen (secondary N) is 2. The van der Waals surface area contributed by atoms with E-state index in [1.165, 1.54) is 0 Å². The number of hydrogen-bond acceptors (Lipinski definition) is 6. The first-order chi connectivity index (χ1) is 15.7. The summed E-state index contributed by atoms with van der Waals surface area (Å²) in [6.45, 7) is 11.3. The lowest BCUT2D eigenvalue weighted by atomic mass is 10.1. The molecule has 8 heteroatoms. The maximum atomic E-state index is 12.8. The summed E-state index contributed by atoms with van der Waals surface area (Å²) in [6.07, 6.45) is 0. The average molecular weight is 468 g/mol. The van der Waals surface area contributed by atoms with E-state index >= 15 is 0 Å². The maximum Gasteiger partial charge on any atom is 0.267 e. The van der Waals surface area contributed by atoms with Crippen LogP contribution in [0.15, 0.2) is 54.6 Å². The van der Waals surface area contributed by atoms with E-state index in [1.807, 2.05) is 37.3 Å². The van der Waals surface area contributed by atoms with Crippen LogP contribution in [-0.4, -0.2) is 34.6 Å². The molecule has 0 bridgehead atoms. The number of anilines is 4. The summed E-state index contributed by atoms with van der Waals surface area (Å²) >= 11 is 5.91. The van der Waals surface area contributed by atoms with Crippen molar-refractivity contribution in [2.45, 2.75) is 40.2 Å². The highest BCUT2D eigenvalue weighted by molar-refractivity contribution is 6.30. The van der Waals surface area contributed by atoms with Gasteiger partial charge in [0, 0.05) is 35.6 Å². The number of halogens is 1. The summed E-state index contributed by atoms with van der Waals surface area (Å²) in [7, 11) is 0. The molecule has 2 N–H and O–H groups in total. The molecule has 7 nitrogen and oxygen atoms in total. The summed E-state index contributed by atoms with van der Waals surface area (Å²) in [4.78, 5) is 24.0. The average Bonchev–Trinajstić information content (AvgIpc) is 2.77. The normalized spacial score (nSPS) is 11.1. The Bertz CT molecular complexity index is 1080. The topological polar surface area (TPSA) is 79.4 Å². The Morgan fingerprint density at radius 2 is 1.61 bits per heavy atom. The van der Waals surface area contributed by atoms with Crippen LogP contribution in [-0.2, 0) is 4.79 Å². The number of amides is 1. The molecule has 0 fully saturated rings. The molecule has 0 aliphatic heterocycles. The van der Waals surface area contributed by atoms with E-state index in [9.17, 15) is 4.79 Å². The molecule has 174 valence electrons. The first-order valence-corrected chi connectivity index (χ1v) is 11.3. The number of rotatable bonds is 9. The Hall–Kier alpha value is -3.32. The molecule has 1 amide bonds. The zero-order valence-corrected chi connectivity index (χ0v) is 20.4. The molecular weight excluding hydrogens is 438 g/mol. The Labute approximate surface area is 200 Å². The van der Waals surface area contributed by atoms with Crippen LogP contribution in [0.2, 0.25) is 5.02 Å². The van der Waals surface area contributed by atoms with Crippen LogP contribution in [0.1, 0.15) is 33.5 Å². The van der Waals surface area contributed by atoms with Gasteiger partial charge in [-0.05, 0) is 83.1 Å². The third kappa shape index (κ3) is 6.58. The quantitative estimate of drug-likeness (QED) is 0.412. The Balaban J connectivity index is 1.65. The Kier molecular flexibility index (Phi) is 7.76. The minimum absolute atomic E-state index is 0.256. The third-order valence-corrected chi connectivity index (χ3v) is 5.31. The van der Waals surface area contributed by atoms with Gasteiger partial charge in [0.2, 0.25) is 0 Å². The van der Waals surface area contributed by atoms with E-state index in [2.05, 4.69) is 39.3 Å². The van der Waals surface area contributed by atoms with Crippen LogP contribution in [0, 0.1) is 6.92 Å². The molecule has 1 aromatic heterocycles. The number of ether oxygens (including phenoxy) is 1. The Morgan fingerprint density at radius 1 is 1.00 bits per heavy atom. The molecule has 3 aromatic rings. The largest absolute Gasteiger partial charge is 0.478 e. The van der Waals surface area contributed by atoms with E-state index in [1.54, 1.807) is 38.1 Å². The van der Waals surface area contributed by atoms with Crippen molar-refractivity contribution in [3.63, 3.8) is 0 Å². The van der Waals surface area contributed by atoms with E-state index in [0.717, 1.165) is 30.4 Å². The number of carbonyl (C=O) groups excluding carboxylic acids is 1. The van der Waals surface area contributed by atoms with Gasteiger partial charge in [-0.25, -0.2) is 9.97 Å². The second kappa shape index (κ2) is 10.5. The predicted molar refractivity (Wildman–Crippen MR) is 135 cm³/mol. The minimum Gasteiger partial charge on any atom is -0.478 e. The number of nitrogens with zero attached hydrogens (tertiary/aromatic N) is 3. The number of aromatic nitrogens is 2. The predicted octanol–water partition coefficient (Wildman–Crippen LogP) is 5.82. The van der Waals surface area contributed by atoms with Crippen molar-refractivity contribution in [1.29, 1.82) is 0 Å². The lowest BCUT2D eigenvalue weighted by Crippen LogP contribution is -2.42. The molecule has 0 saturated carbocycles. The first kappa shape index (κ1) is 24.3. The van der Waals surface area contributed by atoms with Crippen molar-refractivity contribution in [1.82, 2.24) is 9.97 Å². The number of hydrogen-bond donors (Lipinski definition) is 2.